The van der Waals surface area contributed by atoms with Crippen molar-refractivity contribution < 1.29 is 4.39 Å². The van der Waals surface area contributed by atoms with Crippen LogP contribution in [-0.2, 0) is 0 Å². The molecule has 0 aromatic heterocycles. The summed E-state index contributed by atoms with van der Waals surface area (Å²) in [4.78, 5) is 0. The van der Waals surface area contributed by atoms with E-state index in [1.54, 1.807) is 29.8 Å². The Kier molecular flexibility index (Phi) is 2.34. The van der Waals surface area contributed by atoms with Crippen molar-refractivity contribution in [1.82, 2.24) is 0 Å². The van der Waals surface area contributed by atoms with Crippen LogP contribution in [-0.4, -0.2) is 17.7 Å². The molecule has 42 valence electrons. The third kappa shape index (κ3) is 1.58. The molecule has 0 N–H and O–H groups in total. The van der Waals surface area contributed by atoms with Crippen molar-refractivity contribution in [3.8, 4) is 0 Å². The molecule has 0 heterocycles. The van der Waals surface area contributed by atoms with Crippen molar-refractivity contribution in [2.75, 3.05) is 0 Å². The van der Waals surface area contributed by atoms with E-state index in [1.165, 1.54) is 0 Å². The molecule has 0 nitrogen and oxygen atoms in total. The normalized spacial score (nSPS) is 9.78. The first-order chi connectivity index (χ1) is 4.22. The molecule has 0 aliphatic carbocycles. The molecule has 0 amide bonds. The van der Waals surface area contributed by atoms with Crippen LogP contribution >= 0.6 is 15.9 Å². The molecular weight excluding hydrogens is 178 g/mol. The molecule has 1 aromatic carbocycles. The van der Waals surface area contributed by atoms with E-state index in [1.807, 2.05) is 6.07 Å². The van der Waals surface area contributed by atoms with Crippen molar-refractivity contribution in [3.05, 3.63) is 28.5 Å². The zero-order chi connectivity index (χ0) is 6.85. The molecule has 0 radical (unpaired) electrons. The Balaban J connectivity index is 3.25. The number of rotatable bonds is 0. The van der Waals surface area contributed by atoms with Gasteiger partial charge in [0.25, 0.3) is 0 Å². The van der Waals surface area contributed by atoms with Gasteiger partial charge in [0, 0.05) is 0 Å². The summed E-state index contributed by atoms with van der Waals surface area (Å²) in [5, 5.41) is 0. The van der Waals surface area contributed by atoms with E-state index < -0.39 is 0 Å². The number of benzene rings is 1. The van der Waals surface area contributed by atoms with Crippen LogP contribution in [0, 0.1) is 5.82 Å². The van der Waals surface area contributed by atoms with E-state index in [4.69, 9.17) is 0 Å². The summed E-state index contributed by atoms with van der Waals surface area (Å²) in [7, 11) is 0. The molecule has 9 heavy (non-hydrogen) atoms. The zero-order valence-corrected chi connectivity index (χ0v) is 6.57. The fourth-order valence-corrected chi connectivity index (χ4v) is 1.08. The van der Waals surface area contributed by atoms with Gasteiger partial charge in [0.15, 0.2) is 0 Å². The van der Waals surface area contributed by atoms with Gasteiger partial charge in [-0.2, -0.15) is 0 Å². The third-order valence-corrected chi connectivity index (χ3v) is 1.76. The number of hydrogen-bond acceptors (Lipinski definition) is 0. The van der Waals surface area contributed by atoms with Gasteiger partial charge in [-0.3, -0.25) is 0 Å². The van der Waals surface area contributed by atoms with Gasteiger partial charge in [0.2, 0.25) is 0 Å². The average molecular weight is 181 g/mol. The average Bonchev–Trinajstić information content (AvgIpc) is 1.83. The molecule has 0 bridgehead atoms. The van der Waals surface area contributed by atoms with Crippen LogP contribution in [0.4, 0.5) is 4.39 Å². The van der Waals surface area contributed by atoms with E-state index in [0.29, 0.717) is 8.71 Å². The predicted molar refractivity (Wildman–Crippen MR) is 39.5 cm³/mol. The van der Waals surface area contributed by atoms with Gasteiger partial charge in [0.1, 0.15) is 0 Å². The Hall–Kier alpha value is 0.227. The van der Waals surface area contributed by atoms with Gasteiger partial charge < -0.3 is 0 Å². The van der Waals surface area contributed by atoms with Gasteiger partial charge in [-0.25, -0.2) is 0 Å². The molecule has 0 saturated heterocycles. The summed E-state index contributed by atoms with van der Waals surface area (Å²) in [5.41, 5.74) is 0. The van der Waals surface area contributed by atoms with Crippen LogP contribution in [0.25, 0.3) is 0 Å². The minimum atomic E-state index is -0.169. The first kappa shape index (κ1) is 7.34. The molecular formula is C6H3BrFLi. The molecule has 0 fully saturated rings. The Morgan fingerprint density at radius 3 is 2.56 bits per heavy atom. The summed E-state index contributed by atoms with van der Waals surface area (Å²) in [6, 6.07) is 5.23. The quantitative estimate of drug-likeness (QED) is 0.530. The van der Waals surface area contributed by atoms with Crippen molar-refractivity contribution in [2.24, 2.45) is 0 Å². The zero-order valence-electron chi connectivity index (χ0n) is 4.99. The van der Waals surface area contributed by atoms with E-state index >= 15 is 0 Å². The fraction of sp³-hybridized carbons (Fsp3) is 0. The maximum atomic E-state index is 12.7. The van der Waals surface area contributed by atoms with Crippen LogP contribution < -0.4 is 4.24 Å². The number of hydrogen-bond donors (Lipinski definition) is 0. The second-order valence-corrected chi connectivity index (χ2v) is 2.73. The molecule has 1 rings (SSSR count). The summed E-state index contributed by atoms with van der Waals surface area (Å²) >= 11 is 4.81. The topological polar surface area (TPSA) is 0 Å². The third-order valence-electron chi connectivity index (χ3n) is 1.14. The van der Waals surface area contributed by atoms with Gasteiger partial charge in [-0.1, -0.05) is 0 Å². The van der Waals surface area contributed by atoms with Crippen LogP contribution in [0.2, 0.25) is 0 Å². The molecule has 3 heteroatoms. The first-order valence-electron chi connectivity index (χ1n) is 2.62. The molecule has 1 aromatic rings. The monoisotopic (exact) mass is 180 g/mol. The Labute approximate surface area is 70.8 Å². The molecule has 0 aliphatic rings. The fourth-order valence-electron chi connectivity index (χ4n) is 0.612. The van der Waals surface area contributed by atoms with Crippen LogP contribution in [0.15, 0.2) is 22.7 Å². The molecule has 0 spiro atoms. The van der Waals surface area contributed by atoms with Crippen molar-refractivity contribution in [3.63, 3.8) is 0 Å². The van der Waals surface area contributed by atoms with Crippen molar-refractivity contribution >= 4 is 37.9 Å². The van der Waals surface area contributed by atoms with E-state index in [9.17, 15) is 4.39 Å². The predicted octanol–water partition coefficient (Wildman–Crippen LogP) is 1.38. The standard InChI is InChI=1S/C6H3BrF.Li/c7-5-3-1-2-4-6(5)8;/h1-3H;. The minimum absolute atomic E-state index is 0.169. The molecule has 0 atom stereocenters. The van der Waals surface area contributed by atoms with E-state index in [-0.39, 0.29) is 5.82 Å². The second-order valence-electron chi connectivity index (χ2n) is 1.87. The first-order valence-corrected chi connectivity index (χ1v) is 3.41. The molecule has 0 aliphatic heterocycles. The van der Waals surface area contributed by atoms with Gasteiger partial charge in [0.05, 0.1) is 0 Å². The second kappa shape index (κ2) is 2.87. The SMILES string of the molecule is [Li][c]1cccc(Br)c1F. The summed E-state index contributed by atoms with van der Waals surface area (Å²) in [6.07, 6.45) is 0. The van der Waals surface area contributed by atoms with E-state index in [2.05, 4.69) is 15.9 Å². The van der Waals surface area contributed by atoms with Crippen LogP contribution in [0.1, 0.15) is 0 Å². The summed E-state index contributed by atoms with van der Waals surface area (Å²) in [5.74, 6) is -0.169. The van der Waals surface area contributed by atoms with Crippen molar-refractivity contribution in [1.29, 1.82) is 0 Å². The van der Waals surface area contributed by atoms with Crippen LogP contribution in [0.5, 0.6) is 0 Å². The summed E-state index contributed by atoms with van der Waals surface area (Å²) < 4.78 is 13.9. The Morgan fingerprint density at radius 1 is 1.44 bits per heavy atom. The van der Waals surface area contributed by atoms with Gasteiger partial charge in [-0.05, 0) is 0 Å². The Morgan fingerprint density at radius 2 is 2.11 bits per heavy atom. The van der Waals surface area contributed by atoms with Gasteiger partial charge >= 0.3 is 70.8 Å². The van der Waals surface area contributed by atoms with Crippen molar-refractivity contribution in [2.45, 2.75) is 0 Å². The Bertz CT molecular complexity index is 204. The van der Waals surface area contributed by atoms with Gasteiger partial charge in [-0.15, -0.1) is 0 Å². The molecule has 0 unspecified atom stereocenters. The summed E-state index contributed by atoms with van der Waals surface area (Å²) in [6.45, 7) is 0. The molecule has 0 saturated carbocycles. The van der Waals surface area contributed by atoms with E-state index in [0.717, 1.165) is 0 Å². The number of halogens is 2. The van der Waals surface area contributed by atoms with Crippen LogP contribution in [0.3, 0.4) is 0 Å². The maximum absolute atomic E-state index is 12.7.